The fraction of sp³-hybridized carbons (Fsp3) is 0.300. The molecule has 15 heavy (non-hydrogen) atoms. The summed E-state index contributed by atoms with van der Waals surface area (Å²) < 4.78 is 38.4. The molecular weight excluding hydrogens is 207 g/mol. The minimum atomic E-state index is -1.61. The summed E-state index contributed by atoms with van der Waals surface area (Å²) in [5, 5.41) is 2.70. The highest BCUT2D eigenvalue weighted by molar-refractivity contribution is 5.96. The summed E-state index contributed by atoms with van der Waals surface area (Å²) in [6, 6.07) is 1.69. The maximum Gasteiger partial charge on any atom is 0.195 e. The van der Waals surface area contributed by atoms with Gasteiger partial charge in [-0.2, -0.15) is 0 Å². The Kier molecular flexibility index (Phi) is 3.85. The van der Waals surface area contributed by atoms with Gasteiger partial charge < -0.3 is 5.32 Å². The van der Waals surface area contributed by atoms with E-state index in [1.54, 1.807) is 7.05 Å². The molecule has 0 saturated heterocycles. The Hall–Kier alpha value is -1.36. The van der Waals surface area contributed by atoms with Crippen LogP contribution in [0.15, 0.2) is 12.1 Å². The van der Waals surface area contributed by atoms with Gasteiger partial charge in [0.15, 0.2) is 23.2 Å². The standard InChI is InChI=1S/C10H10F3NO/c1-14-5-4-8(15)6-2-3-7(11)10(13)9(6)12/h2-3,14H,4-5H2,1H3. The molecule has 0 saturated carbocycles. The Labute approximate surface area is 85.1 Å². The first kappa shape index (κ1) is 11.7. The van der Waals surface area contributed by atoms with Crippen LogP contribution in [0.1, 0.15) is 16.8 Å². The first-order valence-electron chi connectivity index (χ1n) is 4.39. The third-order valence-corrected chi connectivity index (χ3v) is 1.94. The maximum absolute atomic E-state index is 13.1. The fourth-order valence-electron chi connectivity index (χ4n) is 1.11. The number of hydrogen-bond donors (Lipinski definition) is 1. The van der Waals surface area contributed by atoms with E-state index >= 15 is 0 Å². The summed E-state index contributed by atoms with van der Waals surface area (Å²) in [6.45, 7) is 0.358. The van der Waals surface area contributed by atoms with Crippen LogP contribution in [0, 0.1) is 17.5 Å². The topological polar surface area (TPSA) is 29.1 Å². The minimum Gasteiger partial charge on any atom is -0.319 e. The summed E-state index contributed by atoms with van der Waals surface area (Å²) in [5.74, 6) is -4.88. The Morgan fingerprint density at radius 3 is 2.53 bits per heavy atom. The molecule has 2 nitrogen and oxygen atoms in total. The number of nitrogens with one attached hydrogen (secondary N) is 1. The van der Waals surface area contributed by atoms with E-state index in [0.717, 1.165) is 12.1 Å². The SMILES string of the molecule is CNCCC(=O)c1ccc(F)c(F)c1F. The van der Waals surface area contributed by atoms with Crippen molar-refractivity contribution < 1.29 is 18.0 Å². The summed E-state index contributed by atoms with van der Waals surface area (Å²) >= 11 is 0. The van der Waals surface area contributed by atoms with Gasteiger partial charge >= 0.3 is 0 Å². The fourth-order valence-corrected chi connectivity index (χ4v) is 1.11. The molecule has 0 amide bonds. The van der Waals surface area contributed by atoms with E-state index in [1.807, 2.05) is 0 Å². The average molecular weight is 217 g/mol. The van der Waals surface area contributed by atoms with E-state index in [0.29, 0.717) is 6.54 Å². The van der Waals surface area contributed by atoms with Crippen molar-refractivity contribution >= 4 is 5.78 Å². The number of hydrogen-bond acceptors (Lipinski definition) is 2. The van der Waals surface area contributed by atoms with Gasteiger partial charge in [-0.05, 0) is 19.2 Å². The lowest BCUT2D eigenvalue weighted by Gasteiger charge is -2.03. The minimum absolute atomic E-state index is 0.0402. The molecule has 1 aromatic rings. The van der Waals surface area contributed by atoms with Gasteiger partial charge in [-0.15, -0.1) is 0 Å². The molecule has 0 aliphatic rings. The number of benzene rings is 1. The van der Waals surface area contributed by atoms with E-state index < -0.39 is 28.8 Å². The molecule has 5 heteroatoms. The van der Waals surface area contributed by atoms with Gasteiger partial charge in [0, 0.05) is 13.0 Å². The lowest BCUT2D eigenvalue weighted by Crippen LogP contribution is -2.14. The highest BCUT2D eigenvalue weighted by atomic mass is 19.2. The number of carbonyl (C=O) groups is 1. The van der Waals surface area contributed by atoms with Crippen LogP contribution >= 0.6 is 0 Å². The third-order valence-electron chi connectivity index (χ3n) is 1.94. The van der Waals surface area contributed by atoms with Crippen LogP contribution in [0.2, 0.25) is 0 Å². The second-order valence-electron chi connectivity index (χ2n) is 3.00. The van der Waals surface area contributed by atoms with Crippen molar-refractivity contribution in [2.24, 2.45) is 0 Å². The van der Waals surface area contributed by atoms with Crippen molar-refractivity contribution in [1.29, 1.82) is 0 Å². The molecule has 0 aromatic heterocycles. The first-order chi connectivity index (χ1) is 7.07. The molecule has 0 aliphatic carbocycles. The predicted molar refractivity (Wildman–Crippen MR) is 49.2 cm³/mol. The number of halogens is 3. The highest BCUT2D eigenvalue weighted by Crippen LogP contribution is 2.16. The molecular formula is C10H10F3NO. The van der Waals surface area contributed by atoms with Gasteiger partial charge in [-0.25, -0.2) is 13.2 Å². The molecule has 82 valence electrons. The molecule has 0 aliphatic heterocycles. The molecule has 0 heterocycles. The molecule has 1 rings (SSSR count). The molecule has 0 spiro atoms. The van der Waals surface area contributed by atoms with Crippen LogP contribution in [0.3, 0.4) is 0 Å². The van der Waals surface area contributed by atoms with Crippen molar-refractivity contribution in [3.63, 3.8) is 0 Å². The summed E-state index contributed by atoms with van der Waals surface area (Å²) in [6.07, 6.45) is 0.0402. The van der Waals surface area contributed by atoms with Crippen molar-refractivity contribution in [3.05, 3.63) is 35.1 Å². The van der Waals surface area contributed by atoms with Gasteiger partial charge in [0.05, 0.1) is 5.56 Å². The second-order valence-corrected chi connectivity index (χ2v) is 3.00. The van der Waals surface area contributed by atoms with Gasteiger partial charge in [0.1, 0.15) is 0 Å². The van der Waals surface area contributed by atoms with Crippen LogP contribution in [-0.4, -0.2) is 19.4 Å². The van der Waals surface area contributed by atoms with Crippen LogP contribution in [0.5, 0.6) is 0 Å². The van der Waals surface area contributed by atoms with E-state index in [4.69, 9.17) is 0 Å². The zero-order valence-electron chi connectivity index (χ0n) is 8.11. The zero-order chi connectivity index (χ0) is 11.4. The molecule has 1 N–H and O–H groups in total. The number of rotatable bonds is 4. The molecule has 0 atom stereocenters. The number of carbonyl (C=O) groups excluding carboxylic acids is 1. The lowest BCUT2D eigenvalue weighted by atomic mass is 10.1. The summed E-state index contributed by atoms with van der Waals surface area (Å²) in [5.41, 5.74) is -0.413. The van der Waals surface area contributed by atoms with Crippen molar-refractivity contribution in [2.45, 2.75) is 6.42 Å². The van der Waals surface area contributed by atoms with E-state index in [2.05, 4.69) is 5.32 Å². The molecule has 0 radical (unpaired) electrons. The first-order valence-corrected chi connectivity index (χ1v) is 4.39. The van der Waals surface area contributed by atoms with Gasteiger partial charge in [-0.3, -0.25) is 4.79 Å². The molecule has 0 bridgehead atoms. The van der Waals surface area contributed by atoms with Gasteiger partial charge in [-0.1, -0.05) is 0 Å². The summed E-state index contributed by atoms with van der Waals surface area (Å²) in [4.78, 5) is 11.3. The highest BCUT2D eigenvalue weighted by Gasteiger charge is 2.17. The van der Waals surface area contributed by atoms with Crippen LogP contribution in [0.25, 0.3) is 0 Å². The largest absolute Gasteiger partial charge is 0.319 e. The second kappa shape index (κ2) is 4.93. The maximum atomic E-state index is 13.1. The summed E-state index contributed by atoms with van der Waals surface area (Å²) in [7, 11) is 1.63. The Morgan fingerprint density at radius 2 is 1.93 bits per heavy atom. The smallest absolute Gasteiger partial charge is 0.195 e. The lowest BCUT2D eigenvalue weighted by molar-refractivity contribution is 0.0978. The third kappa shape index (κ3) is 2.56. The van der Waals surface area contributed by atoms with Crippen LogP contribution in [0.4, 0.5) is 13.2 Å². The van der Waals surface area contributed by atoms with Gasteiger partial charge in [0.2, 0.25) is 0 Å². The molecule has 1 aromatic carbocycles. The number of Topliss-reactive ketones (excluding diaryl/α,β-unsaturated/α-hetero) is 1. The monoisotopic (exact) mass is 217 g/mol. The van der Waals surface area contributed by atoms with Crippen LogP contribution < -0.4 is 5.32 Å². The van der Waals surface area contributed by atoms with Crippen molar-refractivity contribution in [3.8, 4) is 0 Å². The predicted octanol–water partition coefficient (Wildman–Crippen LogP) is 1.90. The van der Waals surface area contributed by atoms with Crippen molar-refractivity contribution in [2.75, 3.05) is 13.6 Å². The van der Waals surface area contributed by atoms with E-state index in [1.165, 1.54) is 0 Å². The van der Waals surface area contributed by atoms with E-state index in [-0.39, 0.29) is 6.42 Å². The molecule has 0 unspecified atom stereocenters. The average Bonchev–Trinajstić information content (AvgIpc) is 2.23. The van der Waals surface area contributed by atoms with E-state index in [9.17, 15) is 18.0 Å². The van der Waals surface area contributed by atoms with Crippen LogP contribution in [-0.2, 0) is 0 Å². The Balaban J connectivity index is 2.95. The quantitative estimate of drug-likeness (QED) is 0.616. The van der Waals surface area contributed by atoms with Gasteiger partial charge in [0.25, 0.3) is 0 Å². The molecule has 0 fully saturated rings. The zero-order valence-corrected chi connectivity index (χ0v) is 8.11. The normalized spacial score (nSPS) is 10.4. The van der Waals surface area contributed by atoms with Crippen molar-refractivity contribution in [1.82, 2.24) is 5.32 Å². The number of ketones is 1. The Morgan fingerprint density at radius 1 is 1.27 bits per heavy atom. The Bertz CT molecular complexity index is 379.